The fourth-order valence-corrected chi connectivity index (χ4v) is 6.12. The molecule has 2 heterocycles. The van der Waals surface area contributed by atoms with Crippen LogP contribution in [0.15, 0.2) is 114 Å². The highest BCUT2D eigenvalue weighted by atomic mass is 32.2. The first-order chi connectivity index (χ1) is 21.9. The number of benzene rings is 4. The molecular formula is C36H31N3O5S. The Morgan fingerprint density at radius 3 is 2.18 bits per heavy atom. The zero-order valence-corrected chi connectivity index (χ0v) is 25.2. The molecule has 45 heavy (non-hydrogen) atoms. The Kier molecular flexibility index (Phi) is 9.19. The van der Waals surface area contributed by atoms with Crippen molar-refractivity contribution in [2.45, 2.75) is 25.2 Å². The average molecular weight is 618 g/mol. The molecule has 9 heteroatoms. The second-order valence-corrected chi connectivity index (χ2v) is 11.9. The number of amides is 4. The molecule has 0 saturated carbocycles. The molecule has 0 spiro atoms. The summed E-state index contributed by atoms with van der Waals surface area (Å²) in [4.78, 5) is 51.9. The number of hydrogen-bond acceptors (Lipinski definition) is 6. The highest BCUT2D eigenvalue weighted by Crippen LogP contribution is 2.27. The SMILES string of the molecule is O=C1NC(=O)/C(=C\c2ccc(CO[C@@H]3C[C@@H](CNC(=O)c4ccc(-c5ccccc5)cc4)N(C(=O)c4ccccc4)C3)cc2)S1. The normalized spacial score (nSPS) is 18.7. The Morgan fingerprint density at radius 2 is 1.51 bits per heavy atom. The van der Waals surface area contributed by atoms with Gasteiger partial charge in [0.05, 0.1) is 23.7 Å². The van der Waals surface area contributed by atoms with Gasteiger partial charge in [-0.3, -0.25) is 24.5 Å². The minimum absolute atomic E-state index is 0.0992. The van der Waals surface area contributed by atoms with Crippen molar-refractivity contribution < 1.29 is 23.9 Å². The van der Waals surface area contributed by atoms with Crippen molar-refractivity contribution in [3.05, 3.63) is 136 Å². The Morgan fingerprint density at radius 1 is 0.844 bits per heavy atom. The number of thioether (sulfide) groups is 1. The molecule has 0 aromatic heterocycles. The zero-order valence-electron chi connectivity index (χ0n) is 24.3. The topological polar surface area (TPSA) is 105 Å². The molecule has 226 valence electrons. The molecule has 0 aliphatic carbocycles. The predicted octanol–water partition coefficient (Wildman–Crippen LogP) is 5.91. The molecule has 2 atom stereocenters. The number of rotatable bonds is 9. The van der Waals surface area contributed by atoms with Crippen LogP contribution in [0.4, 0.5) is 4.79 Å². The summed E-state index contributed by atoms with van der Waals surface area (Å²) in [7, 11) is 0. The highest BCUT2D eigenvalue weighted by molar-refractivity contribution is 8.18. The molecule has 0 radical (unpaired) electrons. The maximum Gasteiger partial charge on any atom is 0.290 e. The van der Waals surface area contributed by atoms with Gasteiger partial charge in [0.1, 0.15) is 0 Å². The first-order valence-electron chi connectivity index (χ1n) is 14.7. The lowest BCUT2D eigenvalue weighted by Crippen LogP contribution is -2.43. The van der Waals surface area contributed by atoms with Crippen LogP contribution in [-0.4, -0.2) is 53.1 Å². The lowest BCUT2D eigenvalue weighted by Gasteiger charge is -2.25. The number of hydrogen-bond donors (Lipinski definition) is 2. The van der Waals surface area contributed by atoms with Crippen molar-refractivity contribution in [3.63, 3.8) is 0 Å². The molecular weight excluding hydrogens is 586 g/mol. The van der Waals surface area contributed by atoms with Crippen molar-refractivity contribution in [2.24, 2.45) is 0 Å². The predicted molar refractivity (Wildman–Crippen MR) is 174 cm³/mol. The zero-order chi connectivity index (χ0) is 31.2. The molecule has 2 aliphatic rings. The van der Waals surface area contributed by atoms with Gasteiger partial charge < -0.3 is 15.0 Å². The van der Waals surface area contributed by atoms with E-state index in [-0.39, 0.29) is 35.1 Å². The lowest BCUT2D eigenvalue weighted by atomic mass is 10.0. The number of ether oxygens (including phenoxy) is 1. The van der Waals surface area contributed by atoms with Gasteiger partial charge in [-0.25, -0.2) is 0 Å². The van der Waals surface area contributed by atoms with E-state index in [1.165, 1.54) is 0 Å². The molecule has 2 N–H and O–H groups in total. The summed E-state index contributed by atoms with van der Waals surface area (Å²) in [6, 6.07) is 33.9. The third-order valence-corrected chi connectivity index (χ3v) is 8.63. The summed E-state index contributed by atoms with van der Waals surface area (Å²) in [5.74, 6) is -0.684. The quantitative estimate of drug-likeness (QED) is 0.227. The van der Waals surface area contributed by atoms with E-state index >= 15 is 0 Å². The van der Waals surface area contributed by atoms with Crippen LogP contribution in [0.25, 0.3) is 17.2 Å². The highest BCUT2D eigenvalue weighted by Gasteiger charge is 2.36. The molecule has 2 aliphatic heterocycles. The van der Waals surface area contributed by atoms with Crippen LogP contribution >= 0.6 is 11.8 Å². The number of likely N-dealkylation sites (tertiary alicyclic amines) is 1. The molecule has 4 amide bonds. The summed E-state index contributed by atoms with van der Waals surface area (Å²) in [6.07, 6.45) is 2.04. The maximum absolute atomic E-state index is 13.5. The van der Waals surface area contributed by atoms with E-state index in [1.807, 2.05) is 97.1 Å². The van der Waals surface area contributed by atoms with Crippen molar-refractivity contribution in [2.75, 3.05) is 13.1 Å². The van der Waals surface area contributed by atoms with Gasteiger partial charge >= 0.3 is 0 Å². The van der Waals surface area contributed by atoms with E-state index in [0.717, 1.165) is 34.0 Å². The molecule has 2 fully saturated rings. The third kappa shape index (κ3) is 7.39. The number of nitrogens with one attached hydrogen (secondary N) is 2. The van der Waals surface area contributed by atoms with Crippen LogP contribution in [0.3, 0.4) is 0 Å². The van der Waals surface area contributed by atoms with E-state index in [4.69, 9.17) is 4.74 Å². The second kappa shape index (κ2) is 13.8. The van der Waals surface area contributed by atoms with Crippen molar-refractivity contribution in [1.82, 2.24) is 15.5 Å². The maximum atomic E-state index is 13.5. The van der Waals surface area contributed by atoms with Gasteiger partial charge in [0.2, 0.25) is 0 Å². The van der Waals surface area contributed by atoms with Gasteiger partial charge in [-0.1, -0.05) is 84.9 Å². The van der Waals surface area contributed by atoms with Gasteiger partial charge in [-0.05, 0) is 70.8 Å². The van der Waals surface area contributed by atoms with Gasteiger partial charge in [0.25, 0.3) is 23.0 Å². The monoisotopic (exact) mass is 617 g/mol. The summed E-state index contributed by atoms with van der Waals surface area (Å²) in [5.41, 5.74) is 5.00. The number of imide groups is 1. The van der Waals surface area contributed by atoms with Crippen LogP contribution < -0.4 is 10.6 Å². The molecule has 4 aromatic rings. The molecule has 0 unspecified atom stereocenters. The Bertz CT molecular complexity index is 1720. The van der Waals surface area contributed by atoms with Gasteiger partial charge in [0.15, 0.2) is 0 Å². The van der Waals surface area contributed by atoms with E-state index in [0.29, 0.717) is 42.1 Å². The standard InChI is InChI=1S/C36H31N3O5S/c40-33(28-17-15-27(16-18-28)26-7-3-1-4-8-26)37-21-30-20-31(22-39(30)35(42)29-9-5-2-6-10-29)44-23-25-13-11-24(12-14-25)19-32-34(41)38-36(43)45-32/h1-19,30-31H,20-23H2,(H,37,40)(H,38,41,43)/b32-19+/t30-,31+/m0/s1. The molecule has 4 aromatic carbocycles. The Hall–Kier alpha value is -4.99. The van der Waals surface area contributed by atoms with Crippen LogP contribution in [0.2, 0.25) is 0 Å². The summed E-state index contributed by atoms with van der Waals surface area (Å²) >= 11 is 0.883. The second-order valence-electron chi connectivity index (χ2n) is 10.9. The molecule has 0 bridgehead atoms. The summed E-state index contributed by atoms with van der Waals surface area (Å²) in [6.45, 7) is 1.05. The van der Waals surface area contributed by atoms with Crippen LogP contribution in [0, 0.1) is 0 Å². The van der Waals surface area contributed by atoms with Gasteiger partial charge in [-0.2, -0.15) is 0 Å². The van der Waals surface area contributed by atoms with E-state index in [1.54, 1.807) is 23.1 Å². The lowest BCUT2D eigenvalue weighted by molar-refractivity contribution is -0.115. The largest absolute Gasteiger partial charge is 0.372 e. The van der Waals surface area contributed by atoms with Gasteiger partial charge in [0, 0.05) is 24.2 Å². The number of nitrogens with zero attached hydrogens (tertiary/aromatic N) is 1. The summed E-state index contributed by atoms with van der Waals surface area (Å²) in [5, 5.41) is 4.91. The van der Waals surface area contributed by atoms with Crippen molar-refractivity contribution in [1.29, 1.82) is 0 Å². The van der Waals surface area contributed by atoms with Crippen LogP contribution in [0.5, 0.6) is 0 Å². The average Bonchev–Trinajstić information content (AvgIpc) is 3.64. The first kappa shape index (κ1) is 30.1. The Labute approximate surface area is 265 Å². The van der Waals surface area contributed by atoms with Crippen molar-refractivity contribution >= 4 is 40.8 Å². The Balaban J connectivity index is 1.08. The minimum atomic E-state index is -0.389. The van der Waals surface area contributed by atoms with Crippen LogP contribution in [-0.2, 0) is 16.1 Å². The van der Waals surface area contributed by atoms with E-state index in [2.05, 4.69) is 10.6 Å². The van der Waals surface area contributed by atoms with Crippen molar-refractivity contribution in [3.8, 4) is 11.1 Å². The third-order valence-electron chi connectivity index (χ3n) is 7.82. The molecule has 8 nitrogen and oxygen atoms in total. The smallest absolute Gasteiger partial charge is 0.290 e. The van der Waals surface area contributed by atoms with Gasteiger partial charge in [-0.15, -0.1) is 0 Å². The number of carbonyl (C=O) groups is 4. The van der Waals surface area contributed by atoms with E-state index in [9.17, 15) is 19.2 Å². The van der Waals surface area contributed by atoms with E-state index < -0.39 is 0 Å². The fourth-order valence-electron chi connectivity index (χ4n) is 5.44. The fraction of sp³-hybridized carbons (Fsp3) is 0.167. The first-order valence-corrected chi connectivity index (χ1v) is 15.5. The number of carbonyl (C=O) groups excluding carboxylic acids is 4. The minimum Gasteiger partial charge on any atom is -0.372 e. The molecule has 2 saturated heterocycles. The molecule has 6 rings (SSSR count). The summed E-state index contributed by atoms with van der Waals surface area (Å²) < 4.78 is 6.25. The van der Waals surface area contributed by atoms with Crippen LogP contribution in [0.1, 0.15) is 38.3 Å².